The highest BCUT2D eigenvalue weighted by Gasteiger charge is 2.56. The zero-order valence-electron chi connectivity index (χ0n) is 18.4. The molecule has 4 atom stereocenters. The van der Waals surface area contributed by atoms with Gasteiger partial charge in [-0.2, -0.15) is 9.97 Å². The van der Waals surface area contributed by atoms with Crippen LogP contribution >= 0.6 is 0 Å². The summed E-state index contributed by atoms with van der Waals surface area (Å²) in [6, 6.07) is -0.322. The molecule has 4 aliphatic rings. The van der Waals surface area contributed by atoms with Gasteiger partial charge in [0.2, 0.25) is 0 Å². The van der Waals surface area contributed by atoms with Crippen LogP contribution in [0.4, 0.5) is 19.0 Å². The predicted molar refractivity (Wildman–Crippen MR) is 115 cm³/mol. The molecule has 33 heavy (non-hydrogen) atoms. The normalized spacial score (nSPS) is 32.8. The largest absolute Gasteiger partial charge is 0.461 e. The first-order valence-electron chi connectivity index (χ1n) is 11.5. The Labute approximate surface area is 189 Å². The average molecular weight is 461 g/mol. The van der Waals surface area contributed by atoms with Crippen LogP contribution in [0.5, 0.6) is 6.01 Å². The number of ether oxygens (including phenoxy) is 2. The van der Waals surface area contributed by atoms with Crippen molar-refractivity contribution in [2.45, 2.75) is 43.9 Å². The van der Waals surface area contributed by atoms with E-state index in [0.29, 0.717) is 50.3 Å². The number of anilines is 1. The molecule has 6 rings (SSSR count). The molecule has 0 N–H and O–H groups in total. The maximum absolute atomic E-state index is 15.1. The summed E-state index contributed by atoms with van der Waals surface area (Å²) in [5.41, 5.74) is 0.783. The third kappa shape index (κ3) is 3.37. The summed E-state index contributed by atoms with van der Waals surface area (Å²) < 4.78 is 54.4. The first-order chi connectivity index (χ1) is 16.0. The average Bonchev–Trinajstić information content (AvgIpc) is 3.17. The Morgan fingerprint density at radius 2 is 2.21 bits per heavy atom. The first kappa shape index (κ1) is 21.1. The number of pyridine rings is 1. The van der Waals surface area contributed by atoms with E-state index < -0.39 is 12.0 Å². The molecule has 0 spiro atoms. The van der Waals surface area contributed by atoms with Gasteiger partial charge in [-0.1, -0.05) is 0 Å². The molecule has 1 unspecified atom stereocenters. The molecular formula is C23H26F3N5O2. The first-order valence-corrected chi connectivity index (χ1v) is 11.5. The molecule has 4 fully saturated rings. The summed E-state index contributed by atoms with van der Waals surface area (Å²) in [7, 11) is 0. The number of alkyl halides is 1. The van der Waals surface area contributed by atoms with Gasteiger partial charge >= 0.3 is 6.01 Å². The molecule has 0 amide bonds. The Morgan fingerprint density at radius 3 is 3.06 bits per heavy atom. The highest BCUT2D eigenvalue weighted by atomic mass is 19.1. The maximum Gasteiger partial charge on any atom is 0.319 e. The van der Waals surface area contributed by atoms with Crippen LogP contribution < -0.4 is 9.64 Å². The fraction of sp³-hybridized carbons (Fsp3) is 0.609. The van der Waals surface area contributed by atoms with Crippen molar-refractivity contribution in [2.75, 3.05) is 44.4 Å². The smallest absolute Gasteiger partial charge is 0.319 e. The molecule has 0 bridgehead atoms. The number of halogens is 3. The molecule has 10 heteroatoms. The Morgan fingerprint density at radius 1 is 1.33 bits per heavy atom. The van der Waals surface area contributed by atoms with Gasteiger partial charge in [-0.3, -0.25) is 9.88 Å². The quantitative estimate of drug-likeness (QED) is 0.693. The van der Waals surface area contributed by atoms with Crippen LogP contribution in [0, 0.1) is 18.7 Å². The van der Waals surface area contributed by atoms with Crippen LogP contribution in [-0.4, -0.2) is 77.1 Å². The minimum atomic E-state index is -1.02. The number of rotatable bonds is 4. The second-order valence-electron chi connectivity index (χ2n) is 9.60. The fourth-order valence-corrected chi connectivity index (χ4v) is 5.74. The van der Waals surface area contributed by atoms with E-state index in [4.69, 9.17) is 9.47 Å². The molecule has 1 saturated carbocycles. The summed E-state index contributed by atoms with van der Waals surface area (Å²) in [5, 5.41) is 0.425. The summed E-state index contributed by atoms with van der Waals surface area (Å²) in [6.07, 6.45) is 3.71. The molecule has 0 aromatic carbocycles. The minimum absolute atomic E-state index is 0.0404. The van der Waals surface area contributed by atoms with E-state index >= 15 is 4.39 Å². The van der Waals surface area contributed by atoms with Gasteiger partial charge in [0.05, 0.1) is 42.2 Å². The van der Waals surface area contributed by atoms with Crippen molar-refractivity contribution in [1.29, 1.82) is 0 Å². The van der Waals surface area contributed by atoms with E-state index in [0.717, 1.165) is 25.0 Å². The number of fused-ring (bicyclic) bond motifs is 3. The summed E-state index contributed by atoms with van der Waals surface area (Å²) in [4.78, 5) is 17.2. The van der Waals surface area contributed by atoms with Crippen LogP contribution in [0.15, 0.2) is 18.1 Å². The maximum atomic E-state index is 15.1. The van der Waals surface area contributed by atoms with Crippen LogP contribution in [-0.2, 0) is 4.74 Å². The lowest BCUT2D eigenvalue weighted by Crippen LogP contribution is -2.43. The molecule has 3 aliphatic heterocycles. The van der Waals surface area contributed by atoms with Crippen molar-refractivity contribution in [3.63, 3.8) is 0 Å². The number of hydrogen-bond acceptors (Lipinski definition) is 7. The monoisotopic (exact) mass is 461 g/mol. The molecule has 7 nitrogen and oxygen atoms in total. The molecule has 2 aromatic rings. The van der Waals surface area contributed by atoms with Crippen molar-refractivity contribution in [1.82, 2.24) is 19.9 Å². The lowest BCUT2D eigenvalue weighted by Gasteiger charge is -2.31. The summed E-state index contributed by atoms with van der Waals surface area (Å²) >= 11 is 0. The molecular weight excluding hydrogens is 435 g/mol. The Kier molecular flexibility index (Phi) is 4.99. The van der Waals surface area contributed by atoms with Crippen molar-refractivity contribution in [3.8, 4) is 6.01 Å². The standard InChI is InChI=1S/C23H26F3N5O2/c1-13-17(25)19-15(9-27-13)21(31-5-6-32-11-16-18(26)20(16)31)29-22(28-19)33-12-23-3-2-4-30(23)10-14(7-23)8-24/h8-9,16,18,20H,2-7,10-12H2,1H3/b14-8+/t16-,18-,20-,23?/m0/s1. The van der Waals surface area contributed by atoms with Gasteiger partial charge in [-0.25, -0.2) is 13.2 Å². The molecule has 1 aliphatic carbocycles. The zero-order valence-corrected chi connectivity index (χ0v) is 18.4. The number of nitrogens with zero attached hydrogens (tertiary/aromatic N) is 5. The Bertz CT molecular complexity index is 1130. The molecule has 2 aromatic heterocycles. The summed E-state index contributed by atoms with van der Waals surface area (Å²) in [6.45, 7) is 4.57. The van der Waals surface area contributed by atoms with Gasteiger partial charge in [-0.15, -0.1) is 0 Å². The van der Waals surface area contributed by atoms with Gasteiger partial charge in [0.15, 0.2) is 5.82 Å². The van der Waals surface area contributed by atoms with Crippen molar-refractivity contribution >= 4 is 16.7 Å². The lowest BCUT2D eigenvalue weighted by molar-refractivity contribution is 0.108. The highest BCUT2D eigenvalue weighted by Crippen LogP contribution is 2.45. The van der Waals surface area contributed by atoms with E-state index in [9.17, 15) is 8.78 Å². The molecule has 3 saturated heterocycles. The molecule has 176 valence electrons. The van der Waals surface area contributed by atoms with Gasteiger partial charge in [0, 0.05) is 25.2 Å². The lowest BCUT2D eigenvalue weighted by atomic mass is 9.94. The van der Waals surface area contributed by atoms with E-state index in [1.807, 2.05) is 4.90 Å². The number of hydrogen-bond donors (Lipinski definition) is 0. The van der Waals surface area contributed by atoms with Crippen LogP contribution in [0.1, 0.15) is 25.0 Å². The van der Waals surface area contributed by atoms with E-state index in [2.05, 4.69) is 19.9 Å². The van der Waals surface area contributed by atoms with E-state index in [-0.39, 0.29) is 41.3 Å². The van der Waals surface area contributed by atoms with Gasteiger partial charge in [-0.05, 0) is 38.3 Å². The minimum Gasteiger partial charge on any atom is -0.461 e. The molecule has 0 radical (unpaired) electrons. The van der Waals surface area contributed by atoms with E-state index in [1.165, 1.54) is 6.20 Å². The number of aromatic nitrogens is 3. The highest BCUT2D eigenvalue weighted by molar-refractivity contribution is 5.90. The number of aryl methyl sites for hydroxylation is 1. The Balaban J connectivity index is 1.37. The summed E-state index contributed by atoms with van der Waals surface area (Å²) in [5.74, 6) is -0.348. The van der Waals surface area contributed by atoms with Crippen LogP contribution in [0.2, 0.25) is 0 Å². The van der Waals surface area contributed by atoms with Gasteiger partial charge in [0.25, 0.3) is 0 Å². The molecule has 5 heterocycles. The topological polar surface area (TPSA) is 63.6 Å². The van der Waals surface area contributed by atoms with Crippen LogP contribution in [0.3, 0.4) is 0 Å². The Hall–Kier alpha value is -2.46. The zero-order chi connectivity index (χ0) is 22.7. The fourth-order valence-electron chi connectivity index (χ4n) is 5.74. The van der Waals surface area contributed by atoms with Crippen molar-refractivity contribution < 1.29 is 22.6 Å². The van der Waals surface area contributed by atoms with Crippen LogP contribution in [0.25, 0.3) is 10.9 Å². The third-order valence-electron chi connectivity index (χ3n) is 7.59. The second-order valence-corrected chi connectivity index (χ2v) is 9.60. The van der Waals surface area contributed by atoms with Gasteiger partial charge < -0.3 is 14.4 Å². The van der Waals surface area contributed by atoms with Gasteiger partial charge in [0.1, 0.15) is 24.1 Å². The SMILES string of the molecule is Cc1ncc2c(N3CCOC[C@H]4[C@H](F)[C@H]43)nc(OCC34CCCN3C/C(=C/F)C4)nc2c1F. The predicted octanol–water partition coefficient (Wildman–Crippen LogP) is 3.12. The van der Waals surface area contributed by atoms with E-state index in [1.54, 1.807) is 6.92 Å². The van der Waals surface area contributed by atoms with Crippen molar-refractivity contribution in [2.24, 2.45) is 5.92 Å². The van der Waals surface area contributed by atoms with Crippen molar-refractivity contribution in [3.05, 3.63) is 29.6 Å². The third-order valence-corrected chi connectivity index (χ3v) is 7.59. The second kappa shape index (κ2) is 7.80.